The molecular formula is C25H18ClN3O2S. The molecule has 3 aliphatic rings. The van der Waals surface area contributed by atoms with Crippen molar-refractivity contribution in [1.29, 1.82) is 0 Å². The number of hydrazine groups is 1. The zero-order valence-corrected chi connectivity index (χ0v) is 18.4. The Bertz CT molecular complexity index is 1290. The molecule has 3 aromatic carbocycles. The van der Waals surface area contributed by atoms with Crippen molar-refractivity contribution >= 4 is 40.4 Å². The number of ether oxygens (including phenoxy) is 1. The first-order valence-corrected chi connectivity index (χ1v) is 11.4. The van der Waals surface area contributed by atoms with Crippen LogP contribution in [0.2, 0.25) is 5.02 Å². The fraction of sp³-hybridized carbons (Fsp3) is 0.0800. The zero-order chi connectivity index (χ0) is 21.7. The van der Waals surface area contributed by atoms with Crippen molar-refractivity contribution in [3.05, 3.63) is 112 Å². The van der Waals surface area contributed by atoms with Crippen molar-refractivity contribution in [2.24, 2.45) is 0 Å². The van der Waals surface area contributed by atoms with Crippen LogP contribution in [0.5, 0.6) is 5.75 Å². The lowest BCUT2D eigenvalue weighted by Crippen LogP contribution is -2.66. The Morgan fingerprint density at radius 2 is 1.75 bits per heavy atom. The lowest BCUT2D eigenvalue weighted by Gasteiger charge is -2.45. The average Bonchev–Trinajstić information content (AvgIpc) is 3.39. The largest absolute Gasteiger partial charge is 0.448 e. The van der Waals surface area contributed by atoms with Crippen LogP contribution in [-0.4, -0.2) is 16.1 Å². The molecule has 0 aromatic heterocycles. The number of rotatable bonds is 2. The summed E-state index contributed by atoms with van der Waals surface area (Å²) in [6.45, 7) is 0. The maximum Gasteiger partial charge on any atom is 0.294 e. The van der Waals surface area contributed by atoms with Crippen molar-refractivity contribution in [2.75, 3.05) is 0 Å². The zero-order valence-electron chi connectivity index (χ0n) is 16.8. The van der Waals surface area contributed by atoms with E-state index in [0.717, 1.165) is 39.9 Å². The van der Waals surface area contributed by atoms with Crippen LogP contribution < -0.4 is 15.5 Å². The molecule has 1 saturated heterocycles. The van der Waals surface area contributed by atoms with Gasteiger partial charge in [0.2, 0.25) is 0 Å². The van der Waals surface area contributed by atoms with E-state index >= 15 is 0 Å². The van der Waals surface area contributed by atoms with Gasteiger partial charge in [0.15, 0.2) is 0 Å². The van der Waals surface area contributed by atoms with Gasteiger partial charge >= 0.3 is 0 Å². The van der Waals surface area contributed by atoms with Crippen molar-refractivity contribution < 1.29 is 9.53 Å². The number of thioether (sulfide) groups is 1. The van der Waals surface area contributed by atoms with Gasteiger partial charge in [0.05, 0.1) is 16.6 Å². The minimum absolute atomic E-state index is 0.135. The molecule has 1 spiro atoms. The fourth-order valence-corrected chi connectivity index (χ4v) is 5.38. The van der Waals surface area contributed by atoms with Gasteiger partial charge in [-0.2, -0.15) is 0 Å². The van der Waals surface area contributed by atoms with E-state index in [1.807, 2.05) is 77.8 Å². The number of hydrogen-bond acceptors (Lipinski definition) is 5. The third kappa shape index (κ3) is 3.03. The highest BCUT2D eigenvalue weighted by Gasteiger charge is 2.58. The smallest absolute Gasteiger partial charge is 0.294 e. The summed E-state index contributed by atoms with van der Waals surface area (Å²) in [4.78, 5) is 13.4. The van der Waals surface area contributed by atoms with Gasteiger partial charge in [-0.25, -0.2) is 0 Å². The number of carbonyl (C=O) groups excluding carboxylic acids is 1. The molecule has 1 amide bonds. The minimum atomic E-state index is -1.20. The van der Waals surface area contributed by atoms with E-state index in [1.54, 1.807) is 0 Å². The van der Waals surface area contributed by atoms with E-state index in [0.29, 0.717) is 9.93 Å². The fourth-order valence-electron chi connectivity index (χ4n) is 4.29. The Kier molecular flexibility index (Phi) is 4.54. The molecule has 1 fully saturated rings. The van der Waals surface area contributed by atoms with Gasteiger partial charge in [-0.1, -0.05) is 78.3 Å². The summed E-state index contributed by atoms with van der Waals surface area (Å²) in [6.07, 6.45) is 4.08. The molecule has 32 heavy (non-hydrogen) atoms. The van der Waals surface area contributed by atoms with E-state index in [4.69, 9.17) is 16.3 Å². The lowest BCUT2D eigenvalue weighted by molar-refractivity contribution is -0.107. The van der Waals surface area contributed by atoms with Crippen LogP contribution in [0.1, 0.15) is 22.7 Å². The van der Waals surface area contributed by atoms with Crippen molar-refractivity contribution in [3.63, 3.8) is 0 Å². The Balaban J connectivity index is 1.51. The summed E-state index contributed by atoms with van der Waals surface area (Å²) in [5.41, 5.74) is 7.37. The number of nitrogens with one attached hydrogen (secondary N) is 2. The Hall–Kier alpha value is -3.19. The monoisotopic (exact) mass is 459 g/mol. The first-order chi connectivity index (χ1) is 15.6. The molecule has 6 rings (SSSR count). The quantitative estimate of drug-likeness (QED) is 0.508. The number of benzene rings is 3. The van der Waals surface area contributed by atoms with Crippen LogP contribution in [0.15, 0.2) is 89.8 Å². The van der Waals surface area contributed by atoms with E-state index < -0.39 is 5.85 Å². The number of nitrogens with zero attached hydrogens (tertiary/aromatic N) is 1. The van der Waals surface area contributed by atoms with E-state index in [-0.39, 0.29) is 11.3 Å². The third-order valence-corrected chi connectivity index (χ3v) is 7.01. The molecule has 3 heterocycles. The van der Waals surface area contributed by atoms with Crippen molar-refractivity contribution in [1.82, 2.24) is 15.8 Å². The van der Waals surface area contributed by atoms with E-state index in [2.05, 4.69) is 29.0 Å². The molecule has 2 unspecified atom stereocenters. The van der Waals surface area contributed by atoms with Gasteiger partial charge < -0.3 is 10.2 Å². The maximum atomic E-state index is 12.7. The van der Waals surface area contributed by atoms with E-state index in [9.17, 15) is 4.79 Å². The highest BCUT2D eigenvalue weighted by atomic mass is 35.5. The van der Waals surface area contributed by atoms with Crippen LogP contribution in [0.25, 0.3) is 11.8 Å². The molecule has 0 saturated carbocycles. The SMILES string of the molecule is O=C1NC2(Oc3ccccc3C3C=C(c4ccccc4)NN32)C(=Cc2ccccc2Cl)S1. The standard InChI is InChI=1S/C25H18ClN3O2S/c26-19-12-6-4-10-17(19)14-23-25(27-24(30)32-23)29-21(18-11-5-7-13-22(18)31-25)15-20(28-29)16-8-2-1-3-9-16/h1-15,21,28H,(H,27,30). The molecule has 5 nitrogen and oxygen atoms in total. The molecule has 2 N–H and O–H groups in total. The Morgan fingerprint density at radius 3 is 2.59 bits per heavy atom. The summed E-state index contributed by atoms with van der Waals surface area (Å²) < 4.78 is 6.54. The van der Waals surface area contributed by atoms with Crippen LogP contribution in [0.3, 0.4) is 0 Å². The molecule has 0 radical (unpaired) electrons. The summed E-state index contributed by atoms with van der Waals surface area (Å²) in [7, 11) is 0. The first-order valence-electron chi connectivity index (χ1n) is 10.2. The molecule has 0 aliphatic carbocycles. The highest BCUT2D eigenvalue weighted by molar-refractivity contribution is 8.17. The van der Waals surface area contributed by atoms with Gasteiger partial charge in [0.1, 0.15) is 5.75 Å². The van der Waals surface area contributed by atoms with Crippen LogP contribution in [0, 0.1) is 0 Å². The molecular weight excluding hydrogens is 442 g/mol. The lowest BCUT2D eigenvalue weighted by atomic mass is 10.0. The number of para-hydroxylation sites is 1. The Labute approximate surface area is 194 Å². The van der Waals surface area contributed by atoms with Gasteiger partial charge in [0, 0.05) is 10.6 Å². The maximum absolute atomic E-state index is 12.7. The van der Waals surface area contributed by atoms with Crippen molar-refractivity contribution in [2.45, 2.75) is 11.9 Å². The van der Waals surface area contributed by atoms with E-state index in [1.165, 1.54) is 0 Å². The van der Waals surface area contributed by atoms with Crippen LogP contribution >= 0.6 is 23.4 Å². The molecule has 7 heteroatoms. The van der Waals surface area contributed by atoms with Crippen molar-refractivity contribution in [3.8, 4) is 5.75 Å². The third-order valence-electron chi connectivity index (χ3n) is 5.76. The summed E-state index contributed by atoms with van der Waals surface area (Å²) in [5.74, 6) is -0.471. The topological polar surface area (TPSA) is 53.6 Å². The second-order valence-corrected chi connectivity index (χ2v) is 9.12. The number of hydrogen-bond donors (Lipinski definition) is 2. The Morgan fingerprint density at radius 1 is 1.00 bits per heavy atom. The number of halogens is 1. The second-order valence-electron chi connectivity index (χ2n) is 7.70. The number of amides is 1. The molecule has 3 aromatic rings. The highest BCUT2D eigenvalue weighted by Crippen LogP contribution is 2.51. The summed E-state index contributed by atoms with van der Waals surface area (Å²) in [5, 5.41) is 5.46. The van der Waals surface area contributed by atoms with Gasteiger partial charge in [-0.05, 0) is 47.2 Å². The minimum Gasteiger partial charge on any atom is -0.448 e. The predicted octanol–water partition coefficient (Wildman–Crippen LogP) is 5.79. The molecule has 2 atom stereocenters. The summed E-state index contributed by atoms with van der Waals surface area (Å²) in [6, 6.07) is 25.4. The molecule has 158 valence electrons. The van der Waals surface area contributed by atoms with Gasteiger partial charge in [-0.3, -0.25) is 10.1 Å². The molecule has 0 bridgehead atoms. The molecule has 3 aliphatic heterocycles. The van der Waals surface area contributed by atoms with Crippen LogP contribution in [-0.2, 0) is 0 Å². The normalized spacial score (nSPS) is 25.0. The second kappa shape index (κ2) is 7.45. The van der Waals surface area contributed by atoms with Gasteiger partial charge in [0.25, 0.3) is 11.1 Å². The number of carbonyl (C=O) groups is 1. The first kappa shape index (κ1) is 19.5. The number of fused-ring (bicyclic) bond motifs is 4. The summed E-state index contributed by atoms with van der Waals surface area (Å²) >= 11 is 7.54. The average molecular weight is 460 g/mol. The van der Waals surface area contributed by atoms with Crippen LogP contribution in [0.4, 0.5) is 4.79 Å². The van der Waals surface area contributed by atoms with Gasteiger partial charge in [-0.15, -0.1) is 5.01 Å². The predicted molar refractivity (Wildman–Crippen MR) is 127 cm³/mol.